The molecule has 1 aromatic heterocycles. The van der Waals surface area contributed by atoms with Crippen LogP contribution < -0.4 is 5.32 Å². The molecule has 1 fully saturated rings. The lowest BCUT2D eigenvalue weighted by atomic mass is 9.87. The van der Waals surface area contributed by atoms with Crippen molar-refractivity contribution < 1.29 is 9.32 Å². The Balaban J connectivity index is 1.13. The quantitative estimate of drug-likeness (QED) is 0.357. The minimum atomic E-state index is 0.0952. The van der Waals surface area contributed by atoms with Gasteiger partial charge in [-0.15, -0.1) is 0 Å². The van der Waals surface area contributed by atoms with Gasteiger partial charge < -0.3 is 9.84 Å². The van der Waals surface area contributed by atoms with Gasteiger partial charge in [-0.05, 0) is 54.6 Å². The van der Waals surface area contributed by atoms with E-state index in [4.69, 9.17) is 4.52 Å². The van der Waals surface area contributed by atoms with Gasteiger partial charge in [-0.25, -0.2) is 0 Å². The second kappa shape index (κ2) is 12.5. The standard InChI is InChI=1S/C29H38N4O2S/c1-29(2,3)25-12-10-23(11-13-25)27-31-26(35-32-27)20-33-17-14-24(15-18-33)28(34)30-16-7-19-36-21-22-8-5-4-6-9-22/h4-6,8-13,24H,7,14-21H2,1-3H3,(H,30,34). The van der Waals surface area contributed by atoms with Crippen molar-refractivity contribution in [3.8, 4) is 11.4 Å². The number of thioether (sulfide) groups is 1. The molecular formula is C29H38N4O2S. The lowest BCUT2D eigenvalue weighted by molar-refractivity contribution is -0.126. The van der Waals surface area contributed by atoms with E-state index in [0.29, 0.717) is 18.3 Å². The van der Waals surface area contributed by atoms with Crippen molar-refractivity contribution in [2.45, 2.75) is 57.7 Å². The van der Waals surface area contributed by atoms with E-state index in [1.54, 1.807) is 0 Å². The highest BCUT2D eigenvalue weighted by Gasteiger charge is 2.26. The van der Waals surface area contributed by atoms with Crippen LogP contribution in [0.2, 0.25) is 0 Å². The van der Waals surface area contributed by atoms with E-state index in [9.17, 15) is 4.79 Å². The average molecular weight is 507 g/mol. The van der Waals surface area contributed by atoms with Crippen molar-refractivity contribution in [1.29, 1.82) is 0 Å². The van der Waals surface area contributed by atoms with Gasteiger partial charge in [-0.1, -0.05) is 80.5 Å². The molecule has 2 aromatic carbocycles. The molecule has 7 heteroatoms. The van der Waals surface area contributed by atoms with Gasteiger partial charge in [0.15, 0.2) is 0 Å². The molecule has 0 bridgehead atoms. The number of rotatable bonds is 10. The molecule has 4 rings (SSSR count). The average Bonchev–Trinajstić information content (AvgIpc) is 3.35. The van der Waals surface area contributed by atoms with E-state index in [2.05, 4.69) is 89.7 Å². The fourth-order valence-corrected chi connectivity index (χ4v) is 5.32. The fourth-order valence-electron chi connectivity index (χ4n) is 4.39. The number of nitrogens with zero attached hydrogens (tertiary/aromatic N) is 3. The summed E-state index contributed by atoms with van der Waals surface area (Å²) in [6, 6.07) is 18.9. The Bertz CT molecular complexity index is 1080. The summed E-state index contributed by atoms with van der Waals surface area (Å²) in [7, 11) is 0. The topological polar surface area (TPSA) is 71.3 Å². The molecule has 192 valence electrons. The molecule has 6 nitrogen and oxygen atoms in total. The Morgan fingerprint density at radius 3 is 2.50 bits per heavy atom. The molecule has 0 atom stereocenters. The van der Waals surface area contributed by atoms with Crippen molar-refractivity contribution in [3.63, 3.8) is 0 Å². The molecule has 1 N–H and O–H groups in total. The number of carbonyl (C=O) groups excluding carboxylic acids is 1. The van der Waals surface area contributed by atoms with Gasteiger partial charge in [0.1, 0.15) is 0 Å². The maximum Gasteiger partial charge on any atom is 0.241 e. The first kappa shape index (κ1) is 26.4. The van der Waals surface area contributed by atoms with Crippen LogP contribution in [0.15, 0.2) is 59.1 Å². The fraction of sp³-hybridized carbons (Fsp3) is 0.483. The number of nitrogens with one attached hydrogen (secondary N) is 1. The van der Waals surface area contributed by atoms with E-state index in [1.165, 1.54) is 11.1 Å². The smallest absolute Gasteiger partial charge is 0.241 e. The van der Waals surface area contributed by atoms with E-state index in [0.717, 1.165) is 56.0 Å². The zero-order valence-electron chi connectivity index (χ0n) is 21.7. The van der Waals surface area contributed by atoms with Crippen molar-refractivity contribution in [1.82, 2.24) is 20.4 Å². The number of carbonyl (C=O) groups is 1. The Hall–Kier alpha value is -2.64. The zero-order valence-corrected chi connectivity index (χ0v) is 22.5. The molecule has 1 aliphatic heterocycles. The maximum absolute atomic E-state index is 12.6. The number of likely N-dealkylation sites (tertiary alicyclic amines) is 1. The van der Waals surface area contributed by atoms with Gasteiger partial charge in [0.2, 0.25) is 17.6 Å². The van der Waals surface area contributed by atoms with Crippen LogP contribution in [0.3, 0.4) is 0 Å². The van der Waals surface area contributed by atoms with E-state index < -0.39 is 0 Å². The number of aromatic nitrogens is 2. The molecule has 1 aliphatic rings. The summed E-state index contributed by atoms with van der Waals surface area (Å²) in [4.78, 5) is 19.5. The van der Waals surface area contributed by atoms with Crippen LogP contribution in [0.1, 0.15) is 57.1 Å². The van der Waals surface area contributed by atoms with Gasteiger partial charge in [-0.3, -0.25) is 9.69 Å². The van der Waals surface area contributed by atoms with Gasteiger partial charge in [0, 0.05) is 23.8 Å². The van der Waals surface area contributed by atoms with Crippen molar-refractivity contribution in [2.24, 2.45) is 5.92 Å². The minimum absolute atomic E-state index is 0.0952. The predicted molar refractivity (Wildman–Crippen MR) is 147 cm³/mol. The molecule has 2 heterocycles. The van der Waals surface area contributed by atoms with E-state index in [1.807, 2.05) is 17.8 Å². The predicted octanol–water partition coefficient (Wildman–Crippen LogP) is 5.69. The number of piperidine rings is 1. The van der Waals surface area contributed by atoms with Crippen molar-refractivity contribution in [2.75, 3.05) is 25.4 Å². The third kappa shape index (κ3) is 7.68. The molecule has 0 saturated carbocycles. The van der Waals surface area contributed by atoms with Crippen LogP contribution >= 0.6 is 11.8 Å². The first-order valence-electron chi connectivity index (χ1n) is 12.9. The summed E-state index contributed by atoms with van der Waals surface area (Å²) in [6.07, 6.45) is 2.73. The number of benzene rings is 2. The highest BCUT2D eigenvalue weighted by atomic mass is 32.2. The molecular weight excluding hydrogens is 468 g/mol. The summed E-state index contributed by atoms with van der Waals surface area (Å²) >= 11 is 1.92. The monoisotopic (exact) mass is 506 g/mol. The molecule has 0 unspecified atom stereocenters. The van der Waals surface area contributed by atoms with Crippen molar-refractivity contribution >= 4 is 17.7 Å². The highest BCUT2D eigenvalue weighted by molar-refractivity contribution is 7.98. The number of hydrogen-bond donors (Lipinski definition) is 1. The maximum atomic E-state index is 12.6. The second-order valence-electron chi connectivity index (χ2n) is 10.6. The Kier molecular flexibility index (Phi) is 9.21. The van der Waals surface area contributed by atoms with Gasteiger partial charge >= 0.3 is 0 Å². The highest BCUT2D eigenvalue weighted by Crippen LogP contribution is 2.25. The molecule has 1 amide bonds. The summed E-state index contributed by atoms with van der Waals surface area (Å²) < 4.78 is 5.52. The Labute approximate surface area is 219 Å². The van der Waals surface area contributed by atoms with Crippen molar-refractivity contribution in [3.05, 3.63) is 71.6 Å². The summed E-state index contributed by atoms with van der Waals surface area (Å²) in [5, 5.41) is 7.32. The third-order valence-corrected chi connectivity index (χ3v) is 7.79. The summed E-state index contributed by atoms with van der Waals surface area (Å²) in [5.74, 6) is 3.63. The summed E-state index contributed by atoms with van der Waals surface area (Å²) in [5.41, 5.74) is 3.71. The van der Waals surface area contributed by atoms with Gasteiger partial charge in [-0.2, -0.15) is 16.7 Å². The Morgan fingerprint density at radius 1 is 1.08 bits per heavy atom. The van der Waals surface area contributed by atoms with Crippen LogP contribution in [0.5, 0.6) is 0 Å². The molecule has 0 spiro atoms. The van der Waals surface area contributed by atoms with Crippen LogP contribution in [-0.2, 0) is 22.5 Å². The largest absolute Gasteiger partial charge is 0.356 e. The molecule has 0 radical (unpaired) electrons. The molecule has 3 aromatic rings. The van der Waals surface area contributed by atoms with E-state index in [-0.39, 0.29) is 17.2 Å². The lowest BCUT2D eigenvalue weighted by Crippen LogP contribution is -2.40. The SMILES string of the molecule is CC(C)(C)c1ccc(-c2noc(CN3CCC(C(=O)NCCCSCc4ccccc4)CC3)n2)cc1. The zero-order chi connectivity index (χ0) is 25.4. The first-order chi connectivity index (χ1) is 17.4. The minimum Gasteiger partial charge on any atom is -0.356 e. The van der Waals surface area contributed by atoms with Crippen LogP contribution in [0.25, 0.3) is 11.4 Å². The lowest BCUT2D eigenvalue weighted by Gasteiger charge is -2.30. The number of hydrogen-bond acceptors (Lipinski definition) is 6. The van der Waals surface area contributed by atoms with E-state index >= 15 is 0 Å². The second-order valence-corrected chi connectivity index (χ2v) is 11.7. The molecule has 36 heavy (non-hydrogen) atoms. The van der Waals surface area contributed by atoms with Crippen LogP contribution in [0, 0.1) is 5.92 Å². The van der Waals surface area contributed by atoms with Gasteiger partial charge in [0.25, 0.3) is 0 Å². The van der Waals surface area contributed by atoms with Gasteiger partial charge in [0.05, 0.1) is 6.54 Å². The Morgan fingerprint density at radius 2 is 1.81 bits per heavy atom. The first-order valence-corrected chi connectivity index (χ1v) is 14.1. The van der Waals surface area contributed by atoms with Crippen LogP contribution in [-0.4, -0.2) is 46.3 Å². The normalized spacial score (nSPS) is 15.2. The molecule has 1 saturated heterocycles. The summed E-state index contributed by atoms with van der Waals surface area (Å²) in [6.45, 7) is 9.71. The molecule has 0 aliphatic carbocycles. The number of amides is 1. The van der Waals surface area contributed by atoms with Crippen LogP contribution in [0.4, 0.5) is 0 Å². The third-order valence-electron chi connectivity index (χ3n) is 6.67.